The summed E-state index contributed by atoms with van der Waals surface area (Å²) in [6.45, 7) is 3.80. The molecule has 168 valence electrons. The number of thioether (sulfide) groups is 1. The van der Waals surface area contributed by atoms with Gasteiger partial charge in [-0.2, -0.15) is 0 Å². The van der Waals surface area contributed by atoms with Crippen LogP contribution in [0.25, 0.3) is 6.08 Å². The molecule has 4 rings (SSSR count). The zero-order chi connectivity index (χ0) is 22.7. The average molecular weight is 472 g/mol. The monoisotopic (exact) mass is 471 g/mol. The summed E-state index contributed by atoms with van der Waals surface area (Å²) < 4.78 is 5.22. The lowest BCUT2D eigenvalue weighted by Gasteiger charge is -2.27. The van der Waals surface area contributed by atoms with E-state index in [-0.39, 0.29) is 17.7 Å². The first-order chi connectivity index (χ1) is 15.4. The van der Waals surface area contributed by atoms with Gasteiger partial charge in [-0.05, 0) is 81.5 Å². The van der Waals surface area contributed by atoms with Gasteiger partial charge in [-0.25, -0.2) is 9.98 Å². The van der Waals surface area contributed by atoms with Crippen LogP contribution in [0.5, 0.6) is 5.75 Å². The highest BCUT2D eigenvalue weighted by Gasteiger charge is 2.26. The average Bonchev–Trinajstić information content (AvgIpc) is 3.36. The van der Waals surface area contributed by atoms with Crippen molar-refractivity contribution in [1.29, 1.82) is 0 Å². The van der Waals surface area contributed by atoms with Gasteiger partial charge in [-0.3, -0.25) is 9.59 Å². The summed E-state index contributed by atoms with van der Waals surface area (Å²) in [5.74, 6) is 0.599. The van der Waals surface area contributed by atoms with E-state index in [0.717, 1.165) is 47.8 Å². The van der Waals surface area contributed by atoms with E-state index in [1.54, 1.807) is 19.4 Å². The number of likely N-dealkylation sites (tertiary alicyclic amines) is 1. The highest BCUT2D eigenvalue weighted by atomic mass is 32.2. The third kappa shape index (κ3) is 5.37. The van der Waals surface area contributed by atoms with Crippen molar-refractivity contribution in [3.63, 3.8) is 0 Å². The molecule has 2 aromatic rings. The molecule has 2 N–H and O–H groups in total. The summed E-state index contributed by atoms with van der Waals surface area (Å²) in [4.78, 5) is 37.3. The molecule has 2 fully saturated rings. The van der Waals surface area contributed by atoms with E-state index in [1.165, 1.54) is 23.1 Å². The van der Waals surface area contributed by atoms with Crippen molar-refractivity contribution < 1.29 is 14.3 Å². The summed E-state index contributed by atoms with van der Waals surface area (Å²) >= 11 is 2.63. The second kappa shape index (κ2) is 9.85. The van der Waals surface area contributed by atoms with Crippen LogP contribution in [0.3, 0.4) is 0 Å². The van der Waals surface area contributed by atoms with Gasteiger partial charge < -0.3 is 20.3 Å². The Kier molecular flexibility index (Phi) is 6.92. The Morgan fingerprint density at radius 1 is 1.38 bits per heavy atom. The minimum absolute atomic E-state index is 0.0175. The Morgan fingerprint density at radius 2 is 2.16 bits per heavy atom. The minimum atomic E-state index is -0.203. The molecule has 0 unspecified atom stereocenters. The maximum atomic E-state index is 12.5. The fourth-order valence-electron chi connectivity index (χ4n) is 3.49. The third-order valence-electron chi connectivity index (χ3n) is 5.39. The lowest BCUT2D eigenvalue weighted by molar-refractivity contribution is -0.121. The number of hydrogen-bond acceptors (Lipinski definition) is 8. The first-order valence-electron chi connectivity index (χ1n) is 10.3. The molecule has 0 aliphatic carbocycles. The molecular weight excluding hydrogens is 446 g/mol. The predicted molar refractivity (Wildman–Crippen MR) is 130 cm³/mol. The third-order valence-corrected chi connectivity index (χ3v) is 7.16. The largest absolute Gasteiger partial charge is 0.497 e. The summed E-state index contributed by atoms with van der Waals surface area (Å²) in [7, 11) is 3.69. The molecule has 2 aliphatic heterocycles. The van der Waals surface area contributed by atoms with Gasteiger partial charge in [0.25, 0.3) is 5.91 Å². The number of carbonyl (C=O) groups is 2. The van der Waals surface area contributed by atoms with Crippen LogP contribution in [0.2, 0.25) is 0 Å². The van der Waals surface area contributed by atoms with Gasteiger partial charge in [0.2, 0.25) is 5.91 Å². The van der Waals surface area contributed by atoms with Crippen LogP contribution in [0, 0.1) is 12.8 Å². The number of anilines is 1. The number of rotatable bonds is 5. The number of piperidine rings is 1. The number of benzene rings is 1. The van der Waals surface area contributed by atoms with E-state index in [4.69, 9.17) is 4.74 Å². The molecule has 0 radical (unpaired) electrons. The van der Waals surface area contributed by atoms with Crippen molar-refractivity contribution in [2.45, 2.75) is 19.8 Å². The van der Waals surface area contributed by atoms with Gasteiger partial charge in [0.15, 0.2) is 10.3 Å². The van der Waals surface area contributed by atoms with Crippen molar-refractivity contribution >= 4 is 57.0 Å². The molecular formula is C22H25N5O3S2. The van der Waals surface area contributed by atoms with Gasteiger partial charge in [0.1, 0.15) is 5.75 Å². The number of hydrogen-bond donors (Lipinski definition) is 2. The maximum absolute atomic E-state index is 12.5. The molecule has 8 nitrogen and oxygen atoms in total. The molecule has 10 heteroatoms. The number of methoxy groups -OCH3 is 1. The molecule has 3 heterocycles. The van der Waals surface area contributed by atoms with E-state index < -0.39 is 0 Å². The number of aryl methyl sites for hydroxylation is 1. The summed E-state index contributed by atoms with van der Waals surface area (Å²) in [6.07, 6.45) is 5.15. The Hall–Kier alpha value is -2.69. The second-order valence-electron chi connectivity index (χ2n) is 7.77. The van der Waals surface area contributed by atoms with Gasteiger partial charge >= 0.3 is 0 Å². The Labute approximate surface area is 195 Å². The zero-order valence-corrected chi connectivity index (χ0v) is 19.8. The summed E-state index contributed by atoms with van der Waals surface area (Å²) in [6, 6.07) is 5.59. The van der Waals surface area contributed by atoms with Gasteiger partial charge in [0.05, 0.1) is 22.6 Å². The van der Waals surface area contributed by atoms with E-state index in [2.05, 4.69) is 32.6 Å². The van der Waals surface area contributed by atoms with Crippen molar-refractivity contribution in [2.75, 3.05) is 32.6 Å². The molecule has 0 saturated carbocycles. The Bertz CT molecular complexity index is 1090. The van der Waals surface area contributed by atoms with Gasteiger partial charge in [-0.15, -0.1) is 0 Å². The van der Waals surface area contributed by atoms with E-state index >= 15 is 0 Å². The maximum Gasteiger partial charge on any atom is 0.264 e. The number of nitrogens with zero attached hydrogens (tertiary/aromatic N) is 3. The number of aliphatic imine (C=N–C) groups is 1. The van der Waals surface area contributed by atoms with Crippen LogP contribution in [0.1, 0.15) is 23.3 Å². The predicted octanol–water partition coefficient (Wildman–Crippen LogP) is 3.63. The topological polar surface area (TPSA) is 95.9 Å². The molecule has 2 aliphatic rings. The first kappa shape index (κ1) is 22.5. The smallest absolute Gasteiger partial charge is 0.264 e. The molecule has 0 atom stereocenters. The van der Waals surface area contributed by atoms with Crippen LogP contribution in [-0.4, -0.2) is 54.1 Å². The number of amides is 2. The van der Waals surface area contributed by atoms with Gasteiger partial charge in [0, 0.05) is 12.1 Å². The van der Waals surface area contributed by atoms with Gasteiger partial charge in [-0.1, -0.05) is 11.3 Å². The molecule has 1 aromatic heterocycles. The lowest BCUT2D eigenvalue weighted by Crippen LogP contribution is -2.35. The Balaban J connectivity index is 1.41. The molecule has 32 heavy (non-hydrogen) atoms. The van der Waals surface area contributed by atoms with E-state index in [0.29, 0.717) is 15.2 Å². The standard InChI is InChI=1S/C22H25N5O3S2/c1-13-10-15(30-3)4-5-17(13)24-22-26-20(29)18(32-22)11-16-12-23-21(31-16)25-19(28)14-6-8-27(2)9-7-14/h4-5,10-12,14H,6-9H2,1-3H3,(H,23,25,28)(H,24,26,29). The van der Waals surface area contributed by atoms with Crippen LogP contribution in [0.15, 0.2) is 34.3 Å². The van der Waals surface area contributed by atoms with Crippen LogP contribution in [-0.2, 0) is 9.59 Å². The van der Waals surface area contributed by atoms with Crippen molar-refractivity contribution in [3.05, 3.63) is 39.7 Å². The highest BCUT2D eigenvalue weighted by Crippen LogP contribution is 2.32. The van der Waals surface area contributed by atoms with E-state index in [9.17, 15) is 9.59 Å². The Morgan fingerprint density at radius 3 is 2.88 bits per heavy atom. The van der Waals surface area contributed by atoms with Crippen LogP contribution >= 0.6 is 23.1 Å². The molecule has 0 spiro atoms. The van der Waals surface area contributed by atoms with Crippen LogP contribution < -0.4 is 15.4 Å². The molecule has 1 aromatic carbocycles. The lowest BCUT2D eigenvalue weighted by atomic mass is 9.96. The van der Waals surface area contributed by atoms with E-state index in [1.807, 2.05) is 25.1 Å². The van der Waals surface area contributed by atoms with Crippen LogP contribution in [0.4, 0.5) is 10.8 Å². The minimum Gasteiger partial charge on any atom is -0.497 e. The quantitative estimate of drug-likeness (QED) is 0.647. The van der Waals surface area contributed by atoms with Crippen molar-refractivity contribution in [1.82, 2.24) is 15.2 Å². The first-order valence-corrected chi connectivity index (χ1v) is 11.9. The second-order valence-corrected chi connectivity index (χ2v) is 9.86. The van der Waals surface area contributed by atoms with Crippen molar-refractivity contribution in [2.24, 2.45) is 10.9 Å². The number of nitrogens with one attached hydrogen (secondary N) is 2. The number of amidine groups is 1. The normalized spacial score (nSPS) is 20.0. The molecule has 2 saturated heterocycles. The van der Waals surface area contributed by atoms with Crippen molar-refractivity contribution in [3.8, 4) is 5.75 Å². The number of ether oxygens (including phenoxy) is 1. The number of aromatic nitrogens is 1. The SMILES string of the molecule is COc1ccc(N=C2NC(=O)C(=Cc3cnc(NC(=O)C4CCN(C)CC4)s3)S2)c(C)c1. The fourth-order valence-corrected chi connectivity index (χ4v) is 5.15. The fraction of sp³-hybridized carbons (Fsp3) is 0.364. The molecule has 0 bridgehead atoms. The summed E-state index contributed by atoms with van der Waals surface area (Å²) in [5, 5.41) is 6.79. The highest BCUT2D eigenvalue weighted by molar-refractivity contribution is 8.18. The summed E-state index contributed by atoms with van der Waals surface area (Å²) in [5.41, 5.74) is 1.73. The number of carbonyl (C=O) groups excluding carboxylic acids is 2. The molecule has 2 amide bonds. The number of thiazole rings is 1. The zero-order valence-electron chi connectivity index (χ0n) is 18.2.